The predicted molar refractivity (Wildman–Crippen MR) is 68.2 cm³/mol. The van der Waals surface area contributed by atoms with Gasteiger partial charge in [-0.05, 0) is 29.3 Å². The predicted octanol–water partition coefficient (Wildman–Crippen LogP) is 4.31. The number of hydrogen-bond donors (Lipinski definition) is 0. The minimum absolute atomic E-state index is 1.21. The SMILES string of the molecule is ICCCC/C=C/c1ccccc1. The van der Waals surface area contributed by atoms with Gasteiger partial charge in [-0.2, -0.15) is 0 Å². The molecule has 0 saturated carbocycles. The van der Waals surface area contributed by atoms with Gasteiger partial charge >= 0.3 is 0 Å². The van der Waals surface area contributed by atoms with Crippen LogP contribution in [-0.2, 0) is 0 Å². The van der Waals surface area contributed by atoms with E-state index in [0.717, 1.165) is 0 Å². The van der Waals surface area contributed by atoms with Gasteiger partial charge in [-0.1, -0.05) is 65.1 Å². The average molecular weight is 286 g/mol. The number of alkyl halides is 1. The van der Waals surface area contributed by atoms with Crippen LogP contribution in [0.5, 0.6) is 0 Å². The molecule has 0 bridgehead atoms. The van der Waals surface area contributed by atoms with Gasteiger partial charge in [-0.25, -0.2) is 0 Å². The van der Waals surface area contributed by atoms with Crippen LogP contribution in [0.4, 0.5) is 0 Å². The minimum atomic E-state index is 1.21. The van der Waals surface area contributed by atoms with Gasteiger partial charge in [0.05, 0.1) is 0 Å². The van der Waals surface area contributed by atoms with Crippen LogP contribution in [0.2, 0.25) is 0 Å². The zero-order chi connectivity index (χ0) is 9.36. The number of allylic oxidation sites excluding steroid dienone is 1. The summed E-state index contributed by atoms with van der Waals surface area (Å²) in [6.07, 6.45) is 8.32. The maximum Gasteiger partial charge on any atom is -0.000462 e. The lowest BCUT2D eigenvalue weighted by molar-refractivity contribution is 0.833. The second-order valence-electron chi connectivity index (χ2n) is 3.00. The van der Waals surface area contributed by atoms with Crippen molar-refractivity contribution in [1.82, 2.24) is 0 Å². The van der Waals surface area contributed by atoms with E-state index in [1.807, 2.05) is 6.07 Å². The van der Waals surface area contributed by atoms with Gasteiger partial charge in [0.25, 0.3) is 0 Å². The molecule has 0 spiro atoms. The summed E-state index contributed by atoms with van der Waals surface area (Å²) in [5.41, 5.74) is 1.30. The van der Waals surface area contributed by atoms with Crippen LogP contribution in [0.1, 0.15) is 24.8 Å². The molecule has 13 heavy (non-hydrogen) atoms. The fourth-order valence-corrected chi connectivity index (χ4v) is 1.68. The third-order valence-corrected chi connectivity index (χ3v) is 2.63. The standard InChI is InChI=1S/C12H15I/c13-11-7-2-1-4-8-12-9-5-3-6-10-12/h3-6,8-10H,1-2,7,11H2/b8-4+. The normalized spacial score (nSPS) is 10.8. The minimum Gasteiger partial charge on any atom is -0.0864 e. The summed E-state index contributed by atoms with van der Waals surface area (Å²) in [4.78, 5) is 0. The lowest BCUT2D eigenvalue weighted by Gasteiger charge is -1.92. The van der Waals surface area contributed by atoms with Gasteiger partial charge in [0, 0.05) is 0 Å². The molecule has 0 unspecified atom stereocenters. The van der Waals surface area contributed by atoms with Crippen molar-refractivity contribution in [3.63, 3.8) is 0 Å². The van der Waals surface area contributed by atoms with Gasteiger partial charge < -0.3 is 0 Å². The topological polar surface area (TPSA) is 0 Å². The molecule has 0 atom stereocenters. The molecular weight excluding hydrogens is 271 g/mol. The second kappa shape index (κ2) is 7.13. The van der Waals surface area contributed by atoms with Crippen LogP contribution >= 0.6 is 22.6 Å². The largest absolute Gasteiger partial charge is 0.0864 e. The summed E-state index contributed by atoms with van der Waals surface area (Å²) in [5, 5.41) is 0. The molecule has 0 N–H and O–H groups in total. The van der Waals surface area contributed by atoms with Gasteiger partial charge in [0.1, 0.15) is 0 Å². The Hall–Kier alpha value is -0.310. The Bertz CT molecular complexity index is 239. The van der Waals surface area contributed by atoms with Gasteiger partial charge in [0.2, 0.25) is 0 Å². The lowest BCUT2D eigenvalue weighted by Crippen LogP contribution is -1.74. The Morgan fingerprint density at radius 3 is 2.54 bits per heavy atom. The molecular formula is C12H15I. The Kier molecular flexibility index (Phi) is 5.90. The van der Waals surface area contributed by atoms with Crippen LogP contribution in [0.15, 0.2) is 36.4 Å². The van der Waals surface area contributed by atoms with Gasteiger partial charge in [0.15, 0.2) is 0 Å². The van der Waals surface area contributed by atoms with Gasteiger partial charge in [-0.15, -0.1) is 0 Å². The fraction of sp³-hybridized carbons (Fsp3) is 0.333. The highest BCUT2D eigenvalue weighted by Gasteiger charge is 1.84. The highest BCUT2D eigenvalue weighted by Crippen LogP contribution is 2.04. The number of hydrogen-bond acceptors (Lipinski definition) is 0. The molecule has 0 radical (unpaired) electrons. The molecule has 0 nitrogen and oxygen atoms in total. The van der Waals surface area contributed by atoms with Crippen molar-refractivity contribution in [2.24, 2.45) is 0 Å². The summed E-state index contributed by atoms with van der Waals surface area (Å²) in [6, 6.07) is 10.5. The monoisotopic (exact) mass is 286 g/mol. The van der Waals surface area contributed by atoms with Crippen LogP contribution in [0.3, 0.4) is 0 Å². The molecule has 0 aliphatic carbocycles. The highest BCUT2D eigenvalue weighted by molar-refractivity contribution is 14.1. The van der Waals surface area contributed by atoms with Crippen molar-refractivity contribution >= 4 is 28.7 Å². The van der Waals surface area contributed by atoms with Crippen LogP contribution in [-0.4, -0.2) is 4.43 Å². The van der Waals surface area contributed by atoms with E-state index in [2.05, 4.69) is 59.0 Å². The zero-order valence-corrected chi connectivity index (χ0v) is 9.91. The third-order valence-electron chi connectivity index (χ3n) is 1.86. The summed E-state index contributed by atoms with van der Waals surface area (Å²) in [6.45, 7) is 0. The zero-order valence-electron chi connectivity index (χ0n) is 7.75. The maximum atomic E-state index is 2.43. The van der Waals surface area contributed by atoms with E-state index >= 15 is 0 Å². The van der Waals surface area contributed by atoms with Crippen LogP contribution in [0, 0.1) is 0 Å². The molecule has 1 aromatic carbocycles. The number of halogens is 1. The van der Waals surface area contributed by atoms with E-state index in [0.29, 0.717) is 0 Å². The molecule has 1 aromatic rings. The molecule has 0 heterocycles. The molecule has 1 heteroatoms. The van der Waals surface area contributed by atoms with Crippen molar-refractivity contribution in [2.45, 2.75) is 19.3 Å². The molecule has 0 aliphatic rings. The van der Waals surface area contributed by atoms with Gasteiger partial charge in [-0.3, -0.25) is 0 Å². The Labute approximate surface area is 94.2 Å². The van der Waals surface area contributed by atoms with Crippen molar-refractivity contribution in [2.75, 3.05) is 4.43 Å². The average Bonchev–Trinajstić information content (AvgIpc) is 2.19. The molecule has 0 amide bonds. The molecule has 0 saturated heterocycles. The van der Waals surface area contributed by atoms with Crippen molar-refractivity contribution < 1.29 is 0 Å². The number of benzene rings is 1. The molecule has 70 valence electrons. The molecule has 0 aromatic heterocycles. The first-order valence-electron chi connectivity index (χ1n) is 4.71. The van der Waals surface area contributed by atoms with E-state index < -0.39 is 0 Å². The van der Waals surface area contributed by atoms with E-state index in [1.165, 1.54) is 29.3 Å². The Balaban J connectivity index is 2.25. The summed E-state index contributed by atoms with van der Waals surface area (Å²) in [7, 11) is 0. The van der Waals surface area contributed by atoms with Crippen LogP contribution < -0.4 is 0 Å². The summed E-state index contributed by atoms with van der Waals surface area (Å²) >= 11 is 2.43. The Morgan fingerprint density at radius 1 is 1.08 bits per heavy atom. The lowest BCUT2D eigenvalue weighted by atomic mass is 10.2. The quantitative estimate of drug-likeness (QED) is 0.430. The van der Waals surface area contributed by atoms with Crippen molar-refractivity contribution in [3.05, 3.63) is 42.0 Å². The number of unbranched alkanes of at least 4 members (excludes halogenated alkanes) is 2. The van der Waals surface area contributed by atoms with Crippen molar-refractivity contribution in [3.8, 4) is 0 Å². The summed E-state index contributed by atoms with van der Waals surface area (Å²) in [5.74, 6) is 0. The maximum absolute atomic E-state index is 2.43. The van der Waals surface area contributed by atoms with E-state index in [1.54, 1.807) is 0 Å². The second-order valence-corrected chi connectivity index (χ2v) is 4.08. The molecule has 1 rings (SSSR count). The van der Waals surface area contributed by atoms with E-state index in [-0.39, 0.29) is 0 Å². The molecule has 0 aliphatic heterocycles. The Morgan fingerprint density at radius 2 is 1.85 bits per heavy atom. The first-order chi connectivity index (χ1) is 6.43. The first kappa shape index (κ1) is 10.8. The third kappa shape index (κ3) is 5.09. The summed E-state index contributed by atoms with van der Waals surface area (Å²) < 4.78 is 1.27. The van der Waals surface area contributed by atoms with Crippen molar-refractivity contribution in [1.29, 1.82) is 0 Å². The smallest absolute Gasteiger partial charge is 0.000462 e. The fourth-order valence-electron chi connectivity index (χ4n) is 1.14. The van der Waals surface area contributed by atoms with E-state index in [4.69, 9.17) is 0 Å². The van der Waals surface area contributed by atoms with Crippen LogP contribution in [0.25, 0.3) is 6.08 Å². The van der Waals surface area contributed by atoms with E-state index in [9.17, 15) is 0 Å². The highest BCUT2D eigenvalue weighted by atomic mass is 127. The number of rotatable bonds is 5. The first-order valence-corrected chi connectivity index (χ1v) is 6.23. The molecule has 0 fully saturated rings.